The highest BCUT2D eigenvalue weighted by molar-refractivity contribution is 5.63. The molecule has 15 unspecified atom stereocenters. The molecule has 25 atom stereocenters. The van der Waals surface area contributed by atoms with Crippen molar-refractivity contribution in [2.24, 2.45) is 56.2 Å². The van der Waals surface area contributed by atoms with Gasteiger partial charge in [-0.25, -0.2) is 0 Å². The second-order valence-electron chi connectivity index (χ2n) is 22.4. The molecule has 0 aromatic carbocycles. The Bertz CT molecular complexity index is 1750. The zero-order chi connectivity index (χ0) is 46.7. The van der Waals surface area contributed by atoms with E-state index in [0.717, 1.165) is 31.8 Å². The van der Waals surface area contributed by atoms with E-state index in [1.807, 2.05) is 6.92 Å². The second-order valence-corrected chi connectivity index (χ2v) is 22.4. The molecule has 0 bridgehead atoms. The number of aliphatic hydroxyl groups is 10. The summed E-state index contributed by atoms with van der Waals surface area (Å²) in [4.78, 5) is 26.7. The summed E-state index contributed by atoms with van der Waals surface area (Å²) < 4.78 is 35.8. The van der Waals surface area contributed by atoms with Crippen LogP contribution in [0.3, 0.4) is 0 Å². The number of aliphatic hydroxyl groups excluding tert-OH is 10. The minimum atomic E-state index is -2.02. The third-order valence-electron chi connectivity index (χ3n) is 18.6. The Morgan fingerprint density at radius 1 is 0.656 bits per heavy atom. The monoisotopic (exact) mass is 912 g/mol. The first-order valence-corrected chi connectivity index (χ1v) is 23.2. The summed E-state index contributed by atoms with van der Waals surface area (Å²) in [5.41, 5.74) is -3.11. The molecule has 7 fully saturated rings. The van der Waals surface area contributed by atoms with E-state index >= 15 is 0 Å². The molecule has 0 aromatic rings. The lowest BCUT2D eigenvalue weighted by Crippen LogP contribution is -2.69. The summed E-state index contributed by atoms with van der Waals surface area (Å²) in [5, 5.41) is 108. The van der Waals surface area contributed by atoms with E-state index < -0.39 is 128 Å². The fourth-order valence-electron chi connectivity index (χ4n) is 14.5. The number of fused-ring (bicyclic) bond motifs is 7. The Hall–Kier alpha value is -1.56. The fraction of sp³-hybridized carbons (Fsp3) is 0.913. The van der Waals surface area contributed by atoms with Gasteiger partial charge in [-0.1, -0.05) is 53.7 Å². The van der Waals surface area contributed by atoms with Crippen molar-refractivity contribution >= 4 is 12.6 Å². The summed E-state index contributed by atoms with van der Waals surface area (Å²) >= 11 is 0. The van der Waals surface area contributed by atoms with E-state index in [2.05, 4.69) is 46.8 Å². The molecule has 0 radical (unpaired) electrons. The molecule has 3 aliphatic heterocycles. The molecule has 18 nitrogen and oxygen atoms in total. The molecular formula is C46H72O18. The number of carbonyl (C=O) groups is 2. The van der Waals surface area contributed by atoms with Crippen molar-refractivity contribution in [3.63, 3.8) is 0 Å². The minimum Gasteiger partial charge on any atom is -0.394 e. The number of rotatable bonds is 9. The number of allylic oxidation sites excluding steroid dienone is 2. The molecular weight excluding hydrogens is 840 g/mol. The first kappa shape index (κ1) is 48.9. The molecule has 364 valence electrons. The van der Waals surface area contributed by atoms with Crippen molar-refractivity contribution in [2.75, 3.05) is 13.2 Å². The van der Waals surface area contributed by atoms with Crippen LogP contribution in [-0.4, -0.2) is 175 Å². The van der Waals surface area contributed by atoms with Gasteiger partial charge in [0.2, 0.25) is 0 Å². The van der Waals surface area contributed by atoms with Gasteiger partial charge < -0.3 is 89.1 Å². The van der Waals surface area contributed by atoms with E-state index in [0.29, 0.717) is 32.1 Å². The standard InChI is InChI=1S/C46H72O18/c1-41(2)13-14-46(20-49)22(15-41)21-7-8-26-42(3)11-10-28(43(4,19-48)25(42)9-12-44(26,5)45(21,6)16-27(46)51)61-40-36(63-39-33(56)31(54)30(53)24(17-47)60-39)35(34(57)37(58)64-40)62-38-32(55)29(52)23(50)18-59-38/h7-8,19-40,47,50-58H,9-18H2,1-6H3/t21?,22-,23?,24?,25+,26+,27+,28-,29?,30?,31?,32?,33?,34?,35?,36?,37?,38?,39?,40?,42-,43-,44+,45+,46+/m0/s1. The van der Waals surface area contributed by atoms with E-state index in [1.54, 1.807) is 0 Å². The van der Waals surface area contributed by atoms with Gasteiger partial charge >= 0.3 is 0 Å². The van der Waals surface area contributed by atoms with Crippen LogP contribution in [0.1, 0.15) is 92.9 Å². The van der Waals surface area contributed by atoms with E-state index in [4.69, 9.17) is 28.4 Å². The fourth-order valence-corrected chi connectivity index (χ4v) is 14.5. The molecule has 5 aliphatic carbocycles. The van der Waals surface area contributed by atoms with Crippen LogP contribution in [0.25, 0.3) is 0 Å². The third-order valence-corrected chi connectivity index (χ3v) is 18.6. The lowest BCUT2D eigenvalue weighted by molar-refractivity contribution is -0.411. The molecule has 3 heterocycles. The Labute approximate surface area is 373 Å². The first-order chi connectivity index (χ1) is 30.0. The number of aldehydes is 2. The zero-order valence-electron chi connectivity index (χ0n) is 37.7. The average Bonchev–Trinajstić information content (AvgIpc) is 3.24. The molecule has 4 saturated carbocycles. The Morgan fingerprint density at radius 3 is 2.02 bits per heavy atom. The van der Waals surface area contributed by atoms with Crippen LogP contribution in [0.2, 0.25) is 0 Å². The van der Waals surface area contributed by atoms with Gasteiger partial charge in [-0.2, -0.15) is 0 Å². The Balaban J connectivity index is 1.10. The largest absolute Gasteiger partial charge is 0.394 e. The molecule has 0 amide bonds. The Morgan fingerprint density at radius 2 is 1.34 bits per heavy atom. The quantitative estimate of drug-likeness (QED) is 0.0787. The highest BCUT2D eigenvalue weighted by atomic mass is 16.8. The third kappa shape index (κ3) is 7.35. The predicted molar refractivity (Wildman–Crippen MR) is 220 cm³/mol. The van der Waals surface area contributed by atoms with Crippen LogP contribution >= 0.6 is 0 Å². The highest BCUT2D eigenvalue weighted by Crippen LogP contribution is 2.75. The smallest absolute Gasteiger partial charge is 0.190 e. The normalized spacial score (nSPS) is 57.1. The van der Waals surface area contributed by atoms with E-state index in [9.17, 15) is 60.7 Å². The lowest BCUT2D eigenvalue weighted by atomic mass is 9.32. The van der Waals surface area contributed by atoms with Crippen LogP contribution in [0.4, 0.5) is 0 Å². The molecule has 8 rings (SSSR count). The SMILES string of the molecule is CC1(C)CC[C@]2(C=O)[C@H](O)C[C@]3(C)C(C=C[C@@H]4[C@@]5(C)CC[C@H](OC6OC(O)C(O)C(OC7OCC(O)C(O)C7O)C6OC6OC(CO)C(O)C(O)C6O)[C@@](C)(C=O)[C@@H]5CC[C@]43C)[C@@H]2C1. The number of ether oxygens (including phenoxy) is 6. The van der Waals surface area contributed by atoms with Gasteiger partial charge in [-0.05, 0) is 96.7 Å². The van der Waals surface area contributed by atoms with Crippen molar-refractivity contribution in [2.45, 2.75) is 191 Å². The maximum absolute atomic E-state index is 13.7. The summed E-state index contributed by atoms with van der Waals surface area (Å²) in [5.74, 6) is -0.239. The molecule has 8 aliphatic rings. The summed E-state index contributed by atoms with van der Waals surface area (Å²) in [6, 6.07) is 0. The van der Waals surface area contributed by atoms with Crippen molar-refractivity contribution in [3.05, 3.63) is 12.2 Å². The van der Waals surface area contributed by atoms with Crippen LogP contribution in [0, 0.1) is 56.2 Å². The molecule has 64 heavy (non-hydrogen) atoms. The second kappa shape index (κ2) is 17.1. The topological polar surface area (TPSA) is 292 Å². The highest BCUT2D eigenvalue weighted by Gasteiger charge is 2.72. The number of carbonyl (C=O) groups excluding carboxylic acids is 2. The van der Waals surface area contributed by atoms with Crippen molar-refractivity contribution in [3.8, 4) is 0 Å². The van der Waals surface area contributed by atoms with Crippen molar-refractivity contribution in [1.29, 1.82) is 0 Å². The lowest BCUT2D eigenvalue weighted by Gasteiger charge is -2.72. The van der Waals surface area contributed by atoms with Gasteiger partial charge in [0.1, 0.15) is 73.6 Å². The zero-order valence-corrected chi connectivity index (χ0v) is 37.7. The van der Waals surface area contributed by atoms with Crippen LogP contribution < -0.4 is 0 Å². The number of hydrogen-bond donors (Lipinski definition) is 10. The van der Waals surface area contributed by atoms with Gasteiger partial charge in [0.25, 0.3) is 0 Å². The average molecular weight is 913 g/mol. The van der Waals surface area contributed by atoms with Gasteiger partial charge in [0.05, 0.1) is 36.3 Å². The molecule has 18 heteroatoms. The predicted octanol–water partition coefficient (Wildman–Crippen LogP) is -0.577. The van der Waals surface area contributed by atoms with Crippen molar-refractivity contribution in [1.82, 2.24) is 0 Å². The minimum absolute atomic E-state index is 0.0205. The summed E-state index contributed by atoms with van der Waals surface area (Å²) in [7, 11) is 0. The maximum Gasteiger partial charge on any atom is 0.190 e. The van der Waals surface area contributed by atoms with Gasteiger partial charge in [0.15, 0.2) is 25.2 Å². The van der Waals surface area contributed by atoms with Gasteiger partial charge in [0, 0.05) is 0 Å². The van der Waals surface area contributed by atoms with Crippen LogP contribution in [-0.2, 0) is 38.0 Å². The number of hydrogen-bond acceptors (Lipinski definition) is 18. The van der Waals surface area contributed by atoms with E-state index in [1.165, 1.54) is 0 Å². The van der Waals surface area contributed by atoms with Crippen LogP contribution in [0.15, 0.2) is 12.2 Å². The molecule has 0 spiro atoms. The first-order valence-electron chi connectivity index (χ1n) is 23.2. The van der Waals surface area contributed by atoms with Crippen LogP contribution in [0.5, 0.6) is 0 Å². The van der Waals surface area contributed by atoms with Gasteiger partial charge in [-0.15, -0.1) is 0 Å². The van der Waals surface area contributed by atoms with Gasteiger partial charge in [-0.3, -0.25) is 0 Å². The summed E-state index contributed by atoms with van der Waals surface area (Å²) in [6.07, 6.45) is -14.7. The van der Waals surface area contributed by atoms with E-state index in [-0.39, 0.29) is 39.9 Å². The summed E-state index contributed by atoms with van der Waals surface area (Å²) in [6.45, 7) is 11.9. The molecule has 0 aromatic heterocycles. The molecule has 3 saturated heterocycles. The maximum atomic E-state index is 13.7. The van der Waals surface area contributed by atoms with Crippen molar-refractivity contribution < 1.29 is 89.1 Å². The Kier molecular flexibility index (Phi) is 13.1. The molecule has 10 N–H and O–H groups in total.